The van der Waals surface area contributed by atoms with E-state index in [9.17, 15) is 4.79 Å². The summed E-state index contributed by atoms with van der Waals surface area (Å²) >= 11 is 8.33. The van der Waals surface area contributed by atoms with Crippen LogP contribution in [-0.4, -0.2) is 28.4 Å². The first kappa shape index (κ1) is 18.9. The standard InChI is InChI=1S/C14H11ClIN2O2.Y/c1-18-13(5-4-12(16)14(18)19)10-3-2-9(8-11(10)15)20-7-6-17;/h2-3,8,12H,4,7H2,1H3;/q-1;. The number of halogens is 2. The molecule has 1 aromatic rings. The Morgan fingerprint density at radius 2 is 2.33 bits per heavy atom. The van der Waals surface area contributed by atoms with Crippen LogP contribution >= 0.6 is 34.2 Å². The summed E-state index contributed by atoms with van der Waals surface area (Å²) in [6.07, 6.45) is 3.78. The second-order valence-electron chi connectivity index (χ2n) is 4.18. The first-order valence-electron chi connectivity index (χ1n) is 5.86. The van der Waals surface area contributed by atoms with E-state index in [0.29, 0.717) is 22.9 Å². The van der Waals surface area contributed by atoms with Gasteiger partial charge in [-0.2, -0.15) is 5.26 Å². The first-order chi connectivity index (χ1) is 9.54. The maximum Gasteiger partial charge on any atom is 0.235 e. The summed E-state index contributed by atoms with van der Waals surface area (Å²) in [5.74, 6) is 0.567. The quantitative estimate of drug-likeness (QED) is 0.372. The minimum atomic E-state index is -0.0849. The average Bonchev–Trinajstić information content (AvgIpc) is 2.44. The monoisotopic (exact) mass is 490 g/mol. The van der Waals surface area contributed by atoms with Crippen molar-refractivity contribution >= 4 is 45.8 Å². The zero-order valence-electron chi connectivity index (χ0n) is 11.3. The van der Waals surface area contributed by atoms with Gasteiger partial charge in [-0.05, 0) is 17.2 Å². The van der Waals surface area contributed by atoms with Crippen LogP contribution in [0.15, 0.2) is 18.2 Å². The summed E-state index contributed by atoms with van der Waals surface area (Å²) in [7, 11) is 1.71. The maximum absolute atomic E-state index is 12.0. The number of benzene rings is 1. The van der Waals surface area contributed by atoms with Crippen molar-refractivity contribution in [3.63, 3.8) is 0 Å². The maximum atomic E-state index is 12.0. The van der Waals surface area contributed by atoms with Crippen LogP contribution in [0.25, 0.3) is 5.70 Å². The van der Waals surface area contributed by atoms with E-state index < -0.39 is 0 Å². The molecule has 1 heterocycles. The second-order valence-corrected chi connectivity index (χ2v) is 6.09. The Morgan fingerprint density at radius 1 is 1.62 bits per heavy atom. The van der Waals surface area contributed by atoms with Gasteiger partial charge in [-0.3, -0.25) is 4.79 Å². The Kier molecular flexibility index (Phi) is 7.62. The SMILES string of the molecule is CN1C(=O)C(I)C[C-]=C1c1ccc(OCC#N)cc1Cl.[Y]. The first-order valence-corrected chi connectivity index (χ1v) is 7.49. The number of amides is 1. The summed E-state index contributed by atoms with van der Waals surface area (Å²) in [6, 6.07) is 7.03. The van der Waals surface area contributed by atoms with Gasteiger partial charge in [0.25, 0.3) is 0 Å². The molecule has 2 rings (SSSR count). The normalized spacial score (nSPS) is 17.6. The van der Waals surface area contributed by atoms with Gasteiger partial charge >= 0.3 is 0 Å². The molecule has 1 aliphatic heterocycles. The van der Waals surface area contributed by atoms with E-state index in [1.54, 1.807) is 30.1 Å². The zero-order chi connectivity index (χ0) is 14.7. The number of carbonyl (C=O) groups is 1. The third kappa shape index (κ3) is 4.41. The third-order valence-corrected chi connectivity index (χ3v) is 4.17. The minimum Gasteiger partial charge on any atom is -0.479 e. The zero-order valence-corrected chi connectivity index (χ0v) is 17.0. The predicted octanol–water partition coefficient (Wildman–Crippen LogP) is 3.05. The fraction of sp³-hybridized carbons (Fsp3) is 0.286. The smallest absolute Gasteiger partial charge is 0.235 e. The Morgan fingerprint density at radius 3 is 2.95 bits per heavy atom. The van der Waals surface area contributed by atoms with Gasteiger partial charge in [0.2, 0.25) is 5.91 Å². The van der Waals surface area contributed by atoms with Gasteiger partial charge in [0.15, 0.2) is 6.61 Å². The van der Waals surface area contributed by atoms with Gasteiger partial charge in [0.1, 0.15) is 11.8 Å². The van der Waals surface area contributed by atoms with Crippen LogP contribution < -0.4 is 4.74 Å². The van der Waals surface area contributed by atoms with E-state index in [4.69, 9.17) is 21.6 Å². The molecule has 0 spiro atoms. The molecule has 107 valence electrons. The van der Waals surface area contributed by atoms with Gasteiger partial charge in [-0.15, -0.1) is 28.9 Å². The topological polar surface area (TPSA) is 53.3 Å². The van der Waals surface area contributed by atoms with Crippen LogP contribution in [0.5, 0.6) is 5.75 Å². The summed E-state index contributed by atoms with van der Waals surface area (Å²) < 4.78 is 5.10. The van der Waals surface area contributed by atoms with Gasteiger partial charge < -0.3 is 9.64 Å². The molecule has 0 aliphatic carbocycles. The molecule has 1 amide bonds. The molecule has 0 saturated carbocycles. The summed E-state index contributed by atoms with van der Waals surface area (Å²) in [6.45, 7) is -0.0284. The average molecular weight is 491 g/mol. The Balaban J connectivity index is 0.00000220. The third-order valence-electron chi connectivity index (χ3n) is 2.88. The number of allylic oxidation sites excluding steroid dienone is 1. The van der Waals surface area contributed by atoms with Gasteiger partial charge in [-0.1, -0.05) is 29.0 Å². The molecule has 7 heteroatoms. The van der Waals surface area contributed by atoms with Crippen molar-refractivity contribution in [2.75, 3.05) is 13.7 Å². The molecule has 0 bridgehead atoms. The number of hydrogen-bond donors (Lipinski definition) is 0. The molecule has 4 nitrogen and oxygen atoms in total. The minimum absolute atomic E-state index is 0. The molecular weight excluding hydrogens is 479 g/mol. The Labute approximate surface area is 167 Å². The van der Waals surface area contributed by atoms with Crippen molar-refractivity contribution < 1.29 is 42.2 Å². The second kappa shape index (κ2) is 8.47. The van der Waals surface area contributed by atoms with E-state index in [1.807, 2.05) is 6.07 Å². The van der Waals surface area contributed by atoms with Crippen molar-refractivity contribution in [3.05, 3.63) is 34.9 Å². The molecule has 21 heavy (non-hydrogen) atoms. The van der Waals surface area contributed by atoms with Crippen molar-refractivity contribution in [2.24, 2.45) is 0 Å². The number of ether oxygens (including phenoxy) is 1. The molecule has 0 fully saturated rings. The van der Waals surface area contributed by atoms with Gasteiger partial charge in [-0.25, -0.2) is 6.08 Å². The van der Waals surface area contributed by atoms with Gasteiger partial charge in [0, 0.05) is 39.8 Å². The van der Waals surface area contributed by atoms with E-state index in [-0.39, 0.29) is 49.1 Å². The van der Waals surface area contributed by atoms with E-state index in [1.165, 1.54) is 0 Å². The predicted molar refractivity (Wildman–Crippen MR) is 84.4 cm³/mol. The van der Waals surface area contributed by atoms with Crippen LogP contribution in [-0.2, 0) is 37.5 Å². The number of alkyl halides is 1. The molecule has 1 aromatic carbocycles. The number of nitriles is 1. The number of carbonyl (C=O) groups excluding carboxylic acids is 1. The Bertz CT molecular complexity index is 615. The van der Waals surface area contributed by atoms with E-state index in [0.717, 1.165) is 5.56 Å². The number of hydrogen-bond acceptors (Lipinski definition) is 3. The van der Waals surface area contributed by atoms with Crippen LogP contribution in [0.1, 0.15) is 12.0 Å². The molecule has 0 saturated heterocycles. The molecular formula is C14H11ClIN2O2Y-. The molecule has 1 unspecified atom stereocenters. The fourth-order valence-electron chi connectivity index (χ4n) is 1.88. The number of nitrogens with zero attached hydrogens (tertiary/aromatic N) is 2. The largest absolute Gasteiger partial charge is 0.479 e. The summed E-state index contributed by atoms with van der Waals surface area (Å²) in [5, 5.41) is 8.94. The van der Waals surface area contributed by atoms with Crippen LogP contribution in [0.4, 0.5) is 0 Å². The molecule has 1 atom stereocenters. The molecule has 1 radical (unpaired) electrons. The van der Waals surface area contributed by atoms with Crippen LogP contribution in [0.3, 0.4) is 0 Å². The molecule has 0 aromatic heterocycles. The molecule has 0 N–H and O–H groups in total. The van der Waals surface area contributed by atoms with Crippen molar-refractivity contribution in [1.82, 2.24) is 4.90 Å². The molecule has 1 aliphatic rings. The fourth-order valence-corrected chi connectivity index (χ4v) is 2.78. The van der Waals surface area contributed by atoms with E-state index in [2.05, 4.69) is 28.7 Å². The van der Waals surface area contributed by atoms with Crippen molar-refractivity contribution in [2.45, 2.75) is 10.3 Å². The number of rotatable bonds is 3. The summed E-state index contributed by atoms with van der Waals surface area (Å²) in [5.41, 5.74) is 1.41. The van der Waals surface area contributed by atoms with Crippen LogP contribution in [0, 0.1) is 17.4 Å². The van der Waals surface area contributed by atoms with E-state index >= 15 is 0 Å². The van der Waals surface area contributed by atoms with Crippen molar-refractivity contribution in [1.29, 1.82) is 5.26 Å². The Hall–Kier alpha value is -0.156. The van der Waals surface area contributed by atoms with Gasteiger partial charge in [0.05, 0.1) is 3.92 Å². The summed E-state index contributed by atoms with van der Waals surface area (Å²) in [4.78, 5) is 13.5. The van der Waals surface area contributed by atoms with Crippen LogP contribution in [0.2, 0.25) is 5.02 Å². The van der Waals surface area contributed by atoms with Crippen molar-refractivity contribution in [3.8, 4) is 11.8 Å².